The summed E-state index contributed by atoms with van der Waals surface area (Å²) >= 11 is 1.44. The second-order valence-electron chi connectivity index (χ2n) is 5.51. The second kappa shape index (κ2) is 6.09. The van der Waals surface area contributed by atoms with Gasteiger partial charge in [0, 0.05) is 4.88 Å². The predicted octanol–water partition coefficient (Wildman–Crippen LogP) is 3.23. The highest BCUT2D eigenvalue weighted by atomic mass is 32.1. The highest BCUT2D eigenvalue weighted by molar-refractivity contribution is 7.18. The number of nitrogens with one attached hydrogen (secondary N) is 1. The number of carbonyl (C=O) groups excluding carboxylic acids is 1. The van der Waals surface area contributed by atoms with Gasteiger partial charge in [0.15, 0.2) is 11.9 Å². The average Bonchev–Trinajstić information content (AvgIpc) is 2.82. The molecule has 0 aliphatic rings. The Labute approximate surface area is 141 Å². The van der Waals surface area contributed by atoms with Gasteiger partial charge in [-0.25, -0.2) is 9.78 Å². The van der Waals surface area contributed by atoms with Crippen molar-refractivity contribution in [1.29, 1.82) is 0 Å². The Morgan fingerprint density at radius 3 is 2.62 bits per heavy atom. The zero-order chi connectivity index (χ0) is 17.4. The lowest BCUT2D eigenvalue weighted by molar-refractivity contribution is 0.0320. The molecule has 2 aromatic heterocycles. The Morgan fingerprint density at radius 1 is 1.29 bits per heavy atom. The summed E-state index contributed by atoms with van der Waals surface area (Å²) in [4.78, 5) is 33.2. The number of aryl methyl sites for hydroxylation is 2. The summed E-state index contributed by atoms with van der Waals surface area (Å²) in [6.07, 6.45) is -0.703. The zero-order valence-electron chi connectivity index (χ0n) is 13.4. The number of fused-ring (bicyclic) bond motifs is 1. The van der Waals surface area contributed by atoms with E-state index in [9.17, 15) is 14.7 Å². The molecule has 0 aliphatic heterocycles. The van der Waals surface area contributed by atoms with E-state index < -0.39 is 12.1 Å². The van der Waals surface area contributed by atoms with E-state index in [0.29, 0.717) is 21.6 Å². The number of thiophene rings is 1. The minimum atomic E-state index is -0.703. The van der Waals surface area contributed by atoms with Gasteiger partial charge in [-0.05, 0) is 50.6 Å². The van der Waals surface area contributed by atoms with Crippen LogP contribution in [0.2, 0.25) is 0 Å². The molecule has 0 amide bonds. The molecule has 6 nitrogen and oxygen atoms in total. The standard InChI is InChI=1S/C17H16N2O4S/c1-8-10(3)24-16-13(8)15(21)18-14(19-16)9(2)23-17(22)11-4-6-12(20)7-5-11/h4-7,9,20H,1-3H3,(H,18,19,21). The van der Waals surface area contributed by atoms with Crippen LogP contribution >= 0.6 is 11.3 Å². The van der Waals surface area contributed by atoms with Gasteiger partial charge in [-0.1, -0.05) is 0 Å². The third kappa shape index (κ3) is 2.90. The third-order valence-corrected chi connectivity index (χ3v) is 4.93. The Kier molecular flexibility index (Phi) is 4.11. The average molecular weight is 344 g/mol. The Morgan fingerprint density at radius 2 is 1.96 bits per heavy atom. The van der Waals surface area contributed by atoms with Crippen LogP contribution in [0.5, 0.6) is 5.75 Å². The summed E-state index contributed by atoms with van der Waals surface area (Å²) in [6.45, 7) is 5.48. The number of ether oxygens (including phenoxy) is 1. The number of H-pyrrole nitrogens is 1. The van der Waals surface area contributed by atoms with E-state index in [1.165, 1.54) is 35.6 Å². The van der Waals surface area contributed by atoms with Crippen molar-refractivity contribution < 1.29 is 14.6 Å². The molecule has 0 fully saturated rings. The fourth-order valence-electron chi connectivity index (χ4n) is 2.35. The summed E-state index contributed by atoms with van der Waals surface area (Å²) in [6, 6.07) is 5.75. The van der Waals surface area contributed by atoms with E-state index in [1.807, 2.05) is 13.8 Å². The number of nitrogens with zero attached hydrogens (tertiary/aromatic N) is 1. The van der Waals surface area contributed by atoms with E-state index >= 15 is 0 Å². The highest BCUT2D eigenvalue weighted by Crippen LogP contribution is 2.27. The molecule has 2 N–H and O–H groups in total. The van der Waals surface area contributed by atoms with Crippen LogP contribution in [-0.4, -0.2) is 21.0 Å². The third-order valence-electron chi connectivity index (χ3n) is 3.83. The van der Waals surface area contributed by atoms with Crippen molar-refractivity contribution in [2.45, 2.75) is 26.9 Å². The summed E-state index contributed by atoms with van der Waals surface area (Å²) in [5.41, 5.74) is 0.999. The number of benzene rings is 1. The van der Waals surface area contributed by atoms with Gasteiger partial charge in [-0.3, -0.25) is 4.79 Å². The van der Waals surface area contributed by atoms with E-state index in [1.54, 1.807) is 6.92 Å². The fraction of sp³-hybridized carbons (Fsp3) is 0.235. The van der Waals surface area contributed by atoms with Gasteiger partial charge in [-0.2, -0.15) is 0 Å². The minimum absolute atomic E-state index is 0.0690. The van der Waals surface area contributed by atoms with E-state index in [0.717, 1.165) is 10.4 Å². The summed E-state index contributed by atoms with van der Waals surface area (Å²) in [7, 11) is 0. The normalized spacial score (nSPS) is 12.3. The van der Waals surface area contributed by atoms with Crippen molar-refractivity contribution in [3.63, 3.8) is 0 Å². The molecule has 3 rings (SSSR count). The first kappa shape index (κ1) is 16.2. The van der Waals surface area contributed by atoms with Crippen LogP contribution in [0.3, 0.4) is 0 Å². The smallest absolute Gasteiger partial charge is 0.338 e. The number of hydrogen-bond acceptors (Lipinski definition) is 6. The number of aromatic hydroxyl groups is 1. The first-order valence-corrected chi connectivity index (χ1v) is 8.18. The maximum atomic E-state index is 12.3. The molecule has 0 spiro atoms. The van der Waals surface area contributed by atoms with Crippen LogP contribution in [0, 0.1) is 13.8 Å². The number of aromatic amines is 1. The lowest BCUT2D eigenvalue weighted by Crippen LogP contribution is -2.17. The molecule has 24 heavy (non-hydrogen) atoms. The van der Waals surface area contributed by atoms with E-state index in [-0.39, 0.29) is 11.3 Å². The summed E-state index contributed by atoms with van der Waals surface area (Å²) < 4.78 is 5.35. The van der Waals surface area contributed by atoms with Crippen molar-refractivity contribution in [3.8, 4) is 5.75 Å². The van der Waals surface area contributed by atoms with E-state index in [2.05, 4.69) is 9.97 Å². The Bertz CT molecular complexity index is 973. The molecule has 0 saturated heterocycles. The molecule has 0 saturated carbocycles. The maximum Gasteiger partial charge on any atom is 0.338 e. The van der Waals surface area contributed by atoms with Crippen molar-refractivity contribution >= 4 is 27.5 Å². The van der Waals surface area contributed by atoms with Gasteiger partial charge < -0.3 is 14.8 Å². The summed E-state index contributed by atoms with van der Waals surface area (Å²) in [5.74, 6) is -0.177. The van der Waals surface area contributed by atoms with Gasteiger partial charge in [-0.15, -0.1) is 11.3 Å². The Balaban J connectivity index is 1.88. The predicted molar refractivity (Wildman–Crippen MR) is 91.7 cm³/mol. The van der Waals surface area contributed by atoms with Crippen molar-refractivity contribution in [1.82, 2.24) is 9.97 Å². The molecule has 0 bridgehead atoms. The molecule has 1 atom stereocenters. The molecule has 0 radical (unpaired) electrons. The van der Waals surface area contributed by atoms with Crippen molar-refractivity contribution in [2.24, 2.45) is 0 Å². The molecular formula is C17H16N2O4S. The second-order valence-corrected chi connectivity index (χ2v) is 6.71. The zero-order valence-corrected chi connectivity index (χ0v) is 14.2. The molecule has 3 aromatic rings. The highest BCUT2D eigenvalue weighted by Gasteiger charge is 2.19. The van der Waals surface area contributed by atoms with Gasteiger partial charge in [0.05, 0.1) is 10.9 Å². The van der Waals surface area contributed by atoms with E-state index in [4.69, 9.17) is 4.74 Å². The van der Waals surface area contributed by atoms with Crippen LogP contribution in [0.1, 0.15) is 39.7 Å². The lowest BCUT2D eigenvalue weighted by atomic mass is 10.2. The van der Waals surface area contributed by atoms with Gasteiger partial charge >= 0.3 is 5.97 Å². The topological polar surface area (TPSA) is 92.3 Å². The summed E-state index contributed by atoms with van der Waals surface area (Å²) in [5, 5.41) is 9.83. The number of rotatable bonds is 3. The molecule has 1 unspecified atom stereocenters. The largest absolute Gasteiger partial charge is 0.508 e. The van der Waals surface area contributed by atoms with Crippen LogP contribution in [0.15, 0.2) is 29.1 Å². The number of aromatic nitrogens is 2. The van der Waals surface area contributed by atoms with Crippen molar-refractivity contribution in [2.75, 3.05) is 0 Å². The van der Waals surface area contributed by atoms with Gasteiger partial charge in [0.25, 0.3) is 5.56 Å². The van der Waals surface area contributed by atoms with Crippen molar-refractivity contribution in [3.05, 3.63) is 56.4 Å². The van der Waals surface area contributed by atoms with Gasteiger partial charge in [0.2, 0.25) is 0 Å². The number of carbonyl (C=O) groups is 1. The first-order valence-electron chi connectivity index (χ1n) is 7.36. The monoisotopic (exact) mass is 344 g/mol. The SMILES string of the molecule is Cc1sc2nc(C(C)OC(=O)c3ccc(O)cc3)[nH]c(=O)c2c1C. The van der Waals surface area contributed by atoms with Crippen LogP contribution in [0.25, 0.3) is 10.2 Å². The molecule has 7 heteroatoms. The van der Waals surface area contributed by atoms with Crippen LogP contribution < -0.4 is 5.56 Å². The molecule has 0 aliphatic carbocycles. The minimum Gasteiger partial charge on any atom is -0.508 e. The van der Waals surface area contributed by atoms with Crippen LogP contribution in [0.4, 0.5) is 0 Å². The fourth-order valence-corrected chi connectivity index (χ4v) is 3.38. The molecular weight excluding hydrogens is 328 g/mol. The number of hydrogen-bond donors (Lipinski definition) is 2. The molecule has 1 aromatic carbocycles. The quantitative estimate of drug-likeness (QED) is 0.712. The number of esters is 1. The van der Waals surface area contributed by atoms with Crippen LogP contribution in [-0.2, 0) is 4.74 Å². The molecule has 2 heterocycles. The number of phenols is 1. The van der Waals surface area contributed by atoms with Gasteiger partial charge in [0.1, 0.15) is 10.6 Å². The Hall–Kier alpha value is -2.67. The number of phenolic OH excluding ortho intramolecular Hbond substituents is 1. The maximum absolute atomic E-state index is 12.3. The molecule has 124 valence electrons. The lowest BCUT2D eigenvalue weighted by Gasteiger charge is -2.12. The first-order chi connectivity index (χ1) is 11.4.